The van der Waals surface area contributed by atoms with E-state index < -0.39 is 0 Å². The predicted molar refractivity (Wildman–Crippen MR) is 126 cm³/mol. The van der Waals surface area contributed by atoms with Gasteiger partial charge in [0.05, 0.1) is 5.75 Å². The molecular weight excluding hydrogens is 408 g/mol. The average Bonchev–Trinajstić information content (AvgIpc) is 3.10. The quantitative estimate of drug-likeness (QED) is 0.377. The molecule has 0 saturated carbocycles. The van der Waals surface area contributed by atoms with Gasteiger partial charge in [0.1, 0.15) is 12.4 Å². The van der Waals surface area contributed by atoms with Gasteiger partial charge in [-0.2, -0.15) is 0 Å². The van der Waals surface area contributed by atoms with Crippen LogP contribution in [-0.4, -0.2) is 26.4 Å². The van der Waals surface area contributed by atoms with Crippen molar-refractivity contribution in [3.8, 4) is 5.75 Å². The van der Waals surface area contributed by atoms with Crippen LogP contribution in [0.5, 0.6) is 5.75 Å². The van der Waals surface area contributed by atoms with Crippen LogP contribution in [-0.2, 0) is 17.9 Å². The van der Waals surface area contributed by atoms with Crippen LogP contribution in [0.25, 0.3) is 0 Å². The van der Waals surface area contributed by atoms with E-state index in [9.17, 15) is 4.79 Å². The standard InChI is InChI=1S/C24H28N4O2S/c1-6-11-28-22(14-30-21-10-8-17(3)13-19(21)5)26-27-24(28)31-15-23(29)25-20-9-7-16(2)12-18(20)4/h6-10,12-13H,1,11,14-15H2,2-5H3,(H,25,29). The molecule has 2 aromatic carbocycles. The van der Waals surface area contributed by atoms with Gasteiger partial charge < -0.3 is 10.1 Å². The third-order valence-electron chi connectivity index (χ3n) is 4.78. The molecule has 3 aromatic rings. The number of nitrogens with one attached hydrogen (secondary N) is 1. The molecule has 0 aliphatic carbocycles. The van der Waals surface area contributed by atoms with Gasteiger partial charge in [-0.05, 0) is 51.0 Å². The summed E-state index contributed by atoms with van der Waals surface area (Å²) < 4.78 is 7.88. The molecule has 3 rings (SSSR count). The summed E-state index contributed by atoms with van der Waals surface area (Å²) in [5.74, 6) is 1.66. The van der Waals surface area contributed by atoms with Crippen molar-refractivity contribution >= 4 is 23.4 Å². The molecule has 0 unspecified atom stereocenters. The first kappa shape index (κ1) is 22.6. The molecule has 6 nitrogen and oxygen atoms in total. The molecule has 1 aromatic heterocycles. The highest BCUT2D eigenvalue weighted by molar-refractivity contribution is 7.99. The van der Waals surface area contributed by atoms with Crippen LogP contribution < -0.4 is 10.1 Å². The van der Waals surface area contributed by atoms with Crippen molar-refractivity contribution in [2.24, 2.45) is 0 Å². The van der Waals surface area contributed by atoms with E-state index in [0.29, 0.717) is 24.1 Å². The van der Waals surface area contributed by atoms with E-state index >= 15 is 0 Å². The number of hydrogen-bond acceptors (Lipinski definition) is 5. The van der Waals surface area contributed by atoms with Crippen molar-refractivity contribution in [3.63, 3.8) is 0 Å². The fraction of sp³-hybridized carbons (Fsp3) is 0.292. The molecule has 7 heteroatoms. The molecule has 0 saturated heterocycles. The highest BCUT2D eigenvalue weighted by atomic mass is 32.2. The van der Waals surface area contributed by atoms with Gasteiger partial charge in [0.25, 0.3) is 0 Å². The summed E-state index contributed by atoms with van der Waals surface area (Å²) in [6, 6.07) is 12.0. The van der Waals surface area contributed by atoms with E-state index in [1.54, 1.807) is 6.08 Å². The minimum absolute atomic E-state index is 0.0850. The van der Waals surface area contributed by atoms with Crippen LogP contribution in [0.15, 0.2) is 54.2 Å². The Balaban J connectivity index is 1.64. The Morgan fingerprint density at radius 3 is 2.48 bits per heavy atom. The van der Waals surface area contributed by atoms with E-state index in [1.807, 2.05) is 55.7 Å². The second-order valence-corrected chi connectivity index (χ2v) is 8.45. The second kappa shape index (κ2) is 10.3. The molecule has 1 amide bonds. The zero-order valence-corrected chi connectivity index (χ0v) is 19.3. The predicted octanol–water partition coefficient (Wildman–Crippen LogP) is 5.01. The van der Waals surface area contributed by atoms with Gasteiger partial charge in [-0.15, -0.1) is 16.8 Å². The number of carbonyl (C=O) groups excluding carboxylic acids is 1. The molecule has 1 N–H and O–H groups in total. The van der Waals surface area contributed by atoms with E-state index in [-0.39, 0.29) is 11.7 Å². The lowest BCUT2D eigenvalue weighted by atomic mass is 10.1. The number of ether oxygens (including phenoxy) is 1. The number of anilines is 1. The molecule has 1 heterocycles. The summed E-state index contributed by atoms with van der Waals surface area (Å²) in [6.07, 6.45) is 1.78. The maximum atomic E-state index is 12.4. The fourth-order valence-corrected chi connectivity index (χ4v) is 3.99. The number of nitrogens with zero attached hydrogens (tertiary/aromatic N) is 3. The van der Waals surface area contributed by atoms with Gasteiger partial charge in [0, 0.05) is 12.2 Å². The Kier molecular flexibility index (Phi) is 7.52. The SMILES string of the molecule is C=CCn1c(COc2ccc(C)cc2C)nnc1SCC(=O)Nc1ccc(C)cc1C. The zero-order valence-electron chi connectivity index (χ0n) is 18.4. The van der Waals surface area contributed by atoms with Gasteiger partial charge in [-0.3, -0.25) is 9.36 Å². The number of carbonyl (C=O) groups is 1. The number of benzene rings is 2. The van der Waals surface area contributed by atoms with E-state index in [1.165, 1.54) is 17.3 Å². The second-order valence-electron chi connectivity index (χ2n) is 7.51. The van der Waals surface area contributed by atoms with Crippen molar-refractivity contribution in [3.05, 3.63) is 77.1 Å². The minimum atomic E-state index is -0.0850. The normalized spacial score (nSPS) is 10.7. The zero-order chi connectivity index (χ0) is 22.4. The lowest BCUT2D eigenvalue weighted by Crippen LogP contribution is -2.15. The maximum absolute atomic E-state index is 12.4. The molecule has 0 spiro atoms. The van der Waals surface area contributed by atoms with E-state index in [2.05, 4.69) is 35.1 Å². The first-order valence-electron chi connectivity index (χ1n) is 10.1. The molecule has 31 heavy (non-hydrogen) atoms. The number of thioether (sulfide) groups is 1. The van der Waals surface area contributed by atoms with Crippen LogP contribution >= 0.6 is 11.8 Å². The van der Waals surface area contributed by atoms with Gasteiger partial charge >= 0.3 is 0 Å². The van der Waals surface area contributed by atoms with Crippen molar-refractivity contribution in [2.75, 3.05) is 11.1 Å². The largest absolute Gasteiger partial charge is 0.485 e. The Morgan fingerprint density at radius 2 is 1.81 bits per heavy atom. The topological polar surface area (TPSA) is 69.0 Å². The summed E-state index contributed by atoms with van der Waals surface area (Å²) >= 11 is 1.34. The lowest BCUT2D eigenvalue weighted by Gasteiger charge is -2.11. The Morgan fingerprint density at radius 1 is 1.10 bits per heavy atom. The third-order valence-corrected chi connectivity index (χ3v) is 5.75. The summed E-state index contributed by atoms with van der Waals surface area (Å²) in [7, 11) is 0. The number of aromatic nitrogens is 3. The van der Waals surface area contributed by atoms with Crippen LogP contribution in [0.4, 0.5) is 5.69 Å². The number of hydrogen-bond donors (Lipinski definition) is 1. The van der Waals surface area contributed by atoms with E-state index in [0.717, 1.165) is 28.1 Å². The van der Waals surface area contributed by atoms with Gasteiger partial charge in [0.2, 0.25) is 5.91 Å². The number of allylic oxidation sites excluding steroid dienone is 1. The Labute approximate surface area is 187 Å². The molecule has 162 valence electrons. The summed E-state index contributed by atoms with van der Waals surface area (Å²) in [6.45, 7) is 12.7. The van der Waals surface area contributed by atoms with Crippen molar-refractivity contribution in [1.29, 1.82) is 0 Å². The third kappa shape index (κ3) is 5.98. The first-order valence-corrected chi connectivity index (χ1v) is 11.1. The molecule has 0 fully saturated rings. The molecular formula is C24H28N4O2S. The van der Waals surface area contributed by atoms with Crippen LogP contribution in [0, 0.1) is 27.7 Å². The first-order chi connectivity index (χ1) is 14.9. The van der Waals surface area contributed by atoms with Gasteiger partial charge in [0.15, 0.2) is 11.0 Å². The smallest absolute Gasteiger partial charge is 0.234 e. The summed E-state index contributed by atoms with van der Waals surface area (Å²) in [4.78, 5) is 12.4. The lowest BCUT2D eigenvalue weighted by molar-refractivity contribution is -0.113. The maximum Gasteiger partial charge on any atom is 0.234 e. The molecule has 0 aliphatic rings. The highest BCUT2D eigenvalue weighted by Crippen LogP contribution is 2.22. The van der Waals surface area contributed by atoms with Crippen LogP contribution in [0.2, 0.25) is 0 Å². The van der Waals surface area contributed by atoms with Gasteiger partial charge in [-0.1, -0.05) is 53.2 Å². The number of aryl methyl sites for hydroxylation is 4. The number of rotatable bonds is 9. The fourth-order valence-electron chi connectivity index (χ4n) is 3.22. The summed E-state index contributed by atoms with van der Waals surface area (Å²) in [5.41, 5.74) is 5.30. The van der Waals surface area contributed by atoms with Crippen molar-refractivity contribution in [1.82, 2.24) is 14.8 Å². The highest BCUT2D eigenvalue weighted by Gasteiger charge is 2.15. The Bertz CT molecular complexity index is 1090. The van der Waals surface area contributed by atoms with Crippen LogP contribution in [0.3, 0.4) is 0 Å². The molecule has 0 atom stereocenters. The van der Waals surface area contributed by atoms with E-state index in [4.69, 9.17) is 4.74 Å². The molecule has 0 radical (unpaired) electrons. The van der Waals surface area contributed by atoms with Crippen molar-refractivity contribution in [2.45, 2.75) is 46.0 Å². The van der Waals surface area contributed by atoms with Crippen molar-refractivity contribution < 1.29 is 9.53 Å². The Hall–Kier alpha value is -3.06. The van der Waals surface area contributed by atoms with Crippen LogP contribution in [0.1, 0.15) is 28.1 Å². The average molecular weight is 437 g/mol. The molecule has 0 aliphatic heterocycles. The molecule has 0 bridgehead atoms. The number of amides is 1. The van der Waals surface area contributed by atoms with Gasteiger partial charge in [-0.25, -0.2) is 0 Å². The monoisotopic (exact) mass is 436 g/mol. The minimum Gasteiger partial charge on any atom is -0.485 e. The summed E-state index contributed by atoms with van der Waals surface area (Å²) in [5, 5.41) is 12.2.